The highest BCUT2D eigenvalue weighted by atomic mass is 16.6. The van der Waals surface area contributed by atoms with E-state index in [9.17, 15) is 15.2 Å². The zero-order chi connectivity index (χ0) is 11.6. The number of aromatic hydroxyl groups is 1. The Kier molecular flexibility index (Phi) is 3.23. The number of phenolic OH excluding ortho intramolecular Hbond substituents is 1. The first kappa shape index (κ1) is 11.4. The summed E-state index contributed by atoms with van der Waals surface area (Å²) in [7, 11) is 0. The summed E-state index contributed by atoms with van der Waals surface area (Å²) in [5.41, 5.74) is 11.3. The van der Waals surface area contributed by atoms with Crippen molar-refractivity contribution in [3.8, 4) is 5.75 Å². The fourth-order valence-electron chi connectivity index (χ4n) is 1.35. The van der Waals surface area contributed by atoms with E-state index >= 15 is 0 Å². The summed E-state index contributed by atoms with van der Waals surface area (Å²) in [6.07, 6.45) is 0. The van der Waals surface area contributed by atoms with Gasteiger partial charge in [0.1, 0.15) is 0 Å². The topological polar surface area (TPSA) is 115 Å². The zero-order valence-corrected chi connectivity index (χ0v) is 8.30. The van der Waals surface area contributed by atoms with Gasteiger partial charge in [0, 0.05) is 23.7 Å². The molecule has 0 radical (unpaired) electrons. The second kappa shape index (κ2) is 4.24. The quantitative estimate of drug-likeness (QED) is 0.499. The molecule has 0 aliphatic carbocycles. The fourth-order valence-corrected chi connectivity index (χ4v) is 1.35. The van der Waals surface area contributed by atoms with Crippen LogP contribution in [-0.4, -0.2) is 16.6 Å². The van der Waals surface area contributed by atoms with Gasteiger partial charge >= 0.3 is 5.69 Å². The molecule has 1 rings (SSSR count). The predicted molar refractivity (Wildman–Crippen MR) is 55.5 cm³/mol. The third-order valence-electron chi connectivity index (χ3n) is 2.22. The molecular formula is C9H13N3O3. The van der Waals surface area contributed by atoms with E-state index < -0.39 is 16.7 Å². The first-order valence-corrected chi connectivity index (χ1v) is 4.41. The number of nitro groups is 1. The standard InChI is InChI=1S/C9H13N3O3/c1-5-2-3-6(7(11)4-10)9(13)8(5)12(14)15/h2-3,7,13H,4,10-11H2,1H3/t7-/m0/s1. The number of nitro benzene ring substituents is 1. The Hall–Kier alpha value is -1.66. The van der Waals surface area contributed by atoms with Crippen LogP contribution in [0.5, 0.6) is 5.75 Å². The van der Waals surface area contributed by atoms with Crippen LogP contribution in [0.25, 0.3) is 0 Å². The minimum Gasteiger partial charge on any atom is -0.502 e. The highest BCUT2D eigenvalue weighted by Gasteiger charge is 2.22. The summed E-state index contributed by atoms with van der Waals surface area (Å²) in [5, 5.41) is 20.3. The summed E-state index contributed by atoms with van der Waals surface area (Å²) >= 11 is 0. The van der Waals surface area contributed by atoms with Crippen LogP contribution < -0.4 is 11.5 Å². The van der Waals surface area contributed by atoms with Gasteiger partial charge in [-0.15, -0.1) is 0 Å². The van der Waals surface area contributed by atoms with E-state index in [1.165, 1.54) is 0 Å². The van der Waals surface area contributed by atoms with Crippen LogP contribution in [0.2, 0.25) is 0 Å². The van der Waals surface area contributed by atoms with Crippen molar-refractivity contribution in [2.45, 2.75) is 13.0 Å². The Labute approximate surface area is 86.7 Å². The molecule has 1 atom stereocenters. The average molecular weight is 211 g/mol. The van der Waals surface area contributed by atoms with E-state index in [-0.39, 0.29) is 12.2 Å². The van der Waals surface area contributed by atoms with Crippen LogP contribution >= 0.6 is 0 Å². The highest BCUT2D eigenvalue weighted by Crippen LogP contribution is 2.35. The van der Waals surface area contributed by atoms with Gasteiger partial charge in [0.25, 0.3) is 0 Å². The Bertz CT molecular complexity index is 392. The average Bonchev–Trinajstić information content (AvgIpc) is 2.16. The van der Waals surface area contributed by atoms with Crippen molar-refractivity contribution in [1.82, 2.24) is 0 Å². The van der Waals surface area contributed by atoms with Crippen molar-refractivity contribution in [3.63, 3.8) is 0 Å². The number of aryl methyl sites for hydroxylation is 1. The summed E-state index contributed by atoms with van der Waals surface area (Å²) in [4.78, 5) is 10.1. The van der Waals surface area contributed by atoms with Gasteiger partial charge in [0.15, 0.2) is 5.75 Å². The molecule has 6 nitrogen and oxygen atoms in total. The molecule has 0 aliphatic heterocycles. The van der Waals surface area contributed by atoms with Crippen molar-refractivity contribution in [1.29, 1.82) is 0 Å². The minimum absolute atomic E-state index is 0.119. The largest absolute Gasteiger partial charge is 0.502 e. The molecule has 0 amide bonds. The zero-order valence-electron chi connectivity index (χ0n) is 8.30. The van der Waals surface area contributed by atoms with Crippen LogP contribution in [0, 0.1) is 17.0 Å². The summed E-state index contributed by atoms with van der Waals surface area (Å²) in [5.74, 6) is -0.391. The number of rotatable bonds is 3. The molecular weight excluding hydrogens is 198 g/mol. The van der Waals surface area contributed by atoms with Gasteiger partial charge in [-0.05, 0) is 6.92 Å². The van der Waals surface area contributed by atoms with E-state index in [4.69, 9.17) is 11.5 Å². The number of hydrogen-bond acceptors (Lipinski definition) is 5. The maximum atomic E-state index is 10.7. The second-order valence-corrected chi connectivity index (χ2v) is 3.27. The molecule has 0 unspecified atom stereocenters. The third-order valence-corrected chi connectivity index (χ3v) is 2.22. The van der Waals surface area contributed by atoms with Gasteiger partial charge in [-0.1, -0.05) is 12.1 Å². The fraction of sp³-hybridized carbons (Fsp3) is 0.333. The molecule has 0 aliphatic rings. The summed E-state index contributed by atoms with van der Waals surface area (Å²) in [6.45, 7) is 1.67. The maximum absolute atomic E-state index is 10.7. The number of benzene rings is 1. The number of phenols is 1. The van der Waals surface area contributed by atoms with E-state index in [0.717, 1.165) is 0 Å². The van der Waals surface area contributed by atoms with Crippen LogP contribution in [0.3, 0.4) is 0 Å². The lowest BCUT2D eigenvalue weighted by molar-refractivity contribution is -0.386. The van der Waals surface area contributed by atoms with E-state index in [2.05, 4.69) is 0 Å². The molecule has 15 heavy (non-hydrogen) atoms. The molecule has 6 heteroatoms. The van der Waals surface area contributed by atoms with Gasteiger partial charge in [0.2, 0.25) is 0 Å². The molecule has 0 saturated carbocycles. The lowest BCUT2D eigenvalue weighted by Crippen LogP contribution is -2.21. The molecule has 0 saturated heterocycles. The monoisotopic (exact) mass is 211 g/mol. The highest BCUT2D eigenvalue weighted by molar-refractivity contribution is 5.56. The van der Waals surface area contributed by atoms with Crippen molar-refractivity contribution < 1.29 is 10.0 Å². The number of nitrogens with two attached hydrogens (primary N) is 2. The Morgan fingerprint density at radius 1 is 1.60 bits per heavy atom. The molecule has 0 fully saturated rings. The van der Waals surface area contributed by atoms with Crippen LogP contribution in [0.1, 0.15) is 17.2 Å². The Morgan fingerprint density at radius 2 is 2.20 bits per heavy atom. The van der Waals surface area contributed by atoms with Crippen LogP contribution in [0.4, 0.5) is 5.69 Å². The van der Waals surface area contributed by atoms with Crippen molar-refractivity contribution >= 4 is 5.69 Å². The number of hydrogen-bond donors (Lipinski definition) is 3. The molecule has 5 N–H and O–H groups in total. The molecule has 0 bridgehead atoms. The first-order chi connectivity index (χ1) is 6.99. The molecule has 0 heterocycles. The van der Waals surface area contributed by atoms with Crippen LogP contribution in [-0.2, 0) is 0 Å². The number of nitrogens with zero attached hydrogens (tertiary/aromatic N) is 1. The summed E-state index contributed by atoms with van der Waals surface area (Å²) < 4.78 is 0. The van der Waals surface area contributed by atoms with Gasteiger partial charge in [-0.3, -0.25) is 10.1 Å². The lowest BCUT2D eigenvalue weighted by atomic mass is 10.0. The van der Waals surface area contributed by atoms with Gasteiger partial charge in [-0.25, -0.2) is 0 Å². The normalized spacial score (nSPS) is 12.5. The molecule has 1 aromatic carbocycles. The smallest absolute Gasteiger partial charge is 0.313 e. The molecule has 1 aromatic rings. The predicted octanol–water partition coefficient (Wildman–Crippen LogP) is 0.567. The maximum Gasteiger partial charge on any atom is 0.313 e. The molecule has 0 aromatic heterocycles. The van der Waals surface area contributed by atoms with Crippen molar-refractivity contribution in [2.24, 2.45) is 11.5 Å². The third kappa shape index (κ3) is 2.05. The second-order valence-electron chi connectivity index (χ2n) is 3.27. The van der Waals surface area contributed by atoms with Gasteiger partial charge in [0.05, 0.1) is 4.92 Å². The SMILES string of the molecule is Cc1ccc([C@@H](N)CN)c(O)c1[N+](=O)[O-]. The van der Waals surface area contributed by atoms with E-state index in [0.29, 0.717) is 11.1 Å². The minimum atomic E-state index is -0.628. The Balaban J connectivity index is 3.34. The summed E-state index contributed by atoms with van der Waals surface area (Å²) in [6, 6.07) is 2.50. The molecule has 82 valence electrons. The van der Waals surface area contributed by atoms with Gasteiger partial charge < -0.3 is 16.6 Å². The van der Waals surface area contributed by atoms with Crippen LogP contribution in [0.15, 0.2) is 12.1 Å². The van der Waals surface area contributed by atoms with E-state index in [1.54, 1.807) is 19.1 Å². The van der Waals surface area contributed by atoms with Crippen molar-refractivity contribution in [2.75, 3.05) is 6.54 Å². The van der Waals surface area contributed by atoms with E-state index in [1.807, 2.05) is 0 Å². The van der Waals surface area contributed by atoms with Gasteiger partial charge in [-0.2, -0.15) is 0 Å². The Morgan fingerprint density at radius 3 is 2.67 bits per heavy atom. The first-order valence-electron chi connectivity index (χ1n) is 4.41. The van der Waals surface area contributed by atoms with Crippen molar-refractivity contribution in [3.05, 3.63) is 33.4 Å². The molecule has 0 spiro atoms. The lowest BCUT2D eigenvalue weighted by Gasteiger charge is -2.11.